The number of Topliss-reactive ketones (excluding diaryl/α,β-unsaturated/α-hetero) is 1. The molecule has 0 radical (unpaired) electrons. The molecular formula is C8H12N2O. The quantitative estimate of drug-likeness (QED) is 0.643. The Morgan fingerprint density at radius 2 is 2.45 bits per heavy atom. The Hall–Kier alpha value is -1.09. The van der Waals surface area contributed by atoms with Crippen molar-refractivity contribution in [1.82, 2.24) is 4.57 Å². The summed E-state index contributed by atoms with van der Waals surface area (Å²) in [6, 6.07) is 3.65. The van der Waals surface area contributed by atoms with Gasteiger partial charge < -0.3 is 10.3 Å². The molecule has 0 saturated heterocycles. The summed E-state index contributed by atoms with van der Waals surface area (Å²) < 4.78 is 1.80. The average Bonchev–Trinajstić information content (AvgIpc) is 2.36. The number of hydrogen-bond donors (Lipinski definition) is 1. The van der Waals surface area contributed by atoms with Gasteiger partial charge in [-0.3, -0.25) is 4.79 Å². The Kier molecular flexibility index (Phi) is 2.44. The molecule has 0 amide bonds. The maximum absolute atomic E-state index is 11.2. The smallest absolute Gasteiger partial charge is 0.180 e. The predicted molar refractivity (Wildman–Crippen MR) is 43.4 cm³/mol. The van der Waals surface area contributed by atoms with Crippen LogP contribution in [0.5, 0.6) is 0 Å². The van der Waals surface area contributed by atoms with Crippen LogP contribution in [0.2, 0.25) is 0 Å². The molecule has 0 fully saturated rings. The monoisotopic (exact) mass is 152 g/mol. The zero-order valence-corrected chi connectivity index (χ0v) is 6.58. The lowest BCUT2D eigenvalue weighted by Gasteiger charge is -1.99. The topological polar surface area (TPSA) is 48.0 Å². The number of aromatic nitrogens is 1. The Morgan fingerprint density at radius 3 is 2.91 bits per heavy atom. The van der Waals surface area contributed by atoms with Gasteiger partial charge in [-0.05, 0) is 18.7 Å². The highest BCUT2D eigenvalue weighted by molar-refractivity contribution is 5.94. The molecule has 0 aliphatic carbocycles. The van der Waals surface area contributed by atoms with Crippen molar-refractivity contribution in [3.05, 3.63) is 24.0 Å². The molecule has 1 aromatic rings. The second-order valence-electron chi connectivity index (χ2n) is 2.47. The molecule has 3 heteroatoms. The van der Waals surface area contributed by atoms with Crippen molar-refractivity contribution >= 4 is 5.78 Å². The van der Waals surface area contributed by atoms with Crippen LogP contribution in [0.25, 0.3) is 0 Å². The summed E-state index contributed by atoms with van der Waals surface area (Å²) in [5.41, 5.74) is 5.99. The highest BCUT2D eigenvalue weighted by Crippen LogP contribution is 2.02. The van der Waals surface area contributed by atoms with E-state index in [4.69, 9.17) is 5.73 Å². The van der Waals surface area contributed by atoms with E-state index in [1.807, 2.05) is 19.3 Å². The lowest BCUT2D eigenvalue weighted by molar-refractivity contribution is 0.0977. The van der Waals surface area contributed by atoms with E-state index in [9.17, 15) is 4.79 Å². The van der Waals surface area contributed by atoms with Crippen LogP contribution in [0.1, 0.15) is 16.9 Å². The number of carbonyl (C=O) groups excluding carboxylic acids is 1. The molecule has 0 unspecified atom stereocenters. The Morgan fingerprint density at radius 1 is 1.73 bits per heavy atom. The summed E-state index contributed by atoms with van der Waals surface area (Å²) in [6.07, 6.45) is 2.28. The third-order valence-corrected chi connectivity index (χ3v) is 1.60. The molecular weight excluding hydrogens is 140 g/mol. The molecule has 60 valence electrons. The molecule has 0 aromatic carbocycles. The Bertz CT molecular complexity index is 252. The first-order valence-electron chi connectivity index (χ1n) is 3.60. The molecule has 0 bridgehead atoms. The first kappa shape index (κ1) is 8.01. The largest absolute Gasteiger partial charge is 0.348 e. The van der Waals surface area contributed by atoms with Gasteiger partial charge >= 0.3 is 0 Å². The predicted octanol–water partition coefficient (Wildman–Crippen LogP) is 0.557. The van der Waals surface area contributed by atoms with E-state index in [0.717, 1.165) is 5.69 Å². The molecule has 0 aliphatic rings. The SMILES string of the molecule is Cn1cccc1C(=O)CCN. The summed E-state index contributed by atoms with van der Waals surface area (Å²) in [5, 5.41) is 0. The maximum atomic E-state index is 11.2. The number of nitrogens with two attached hydrogens (primary N) is 1. The molecule has 1 heterocycles. The van der Waals surface area contributed by atoms with Gasteiger partial charge in [-0.15, -0.1) is 0 Å². The van der Waals surface area contributed by atoms with E-state index in [1.165, 1.54) is 0 Å². The molecule has 1 aromatic heterocycles. The molecule has 0 saturated carbocycles. The first-order chi connectivity index (χ1) is 5.25. The number of aryl methyl sites for hydroxylation is 1. The molecule has 0 spiro atoms. The van der Waals surface area contributed by atoms with E-state index < -0.39 is 0 Å². The fraction of sp³-hybridized carbons (Fsp3) is 0.375. The van der Waals surface area contributed by atoms with Gasteiger partial charge in [-0.2, -0.15) is 0 Å². The summed E-state index contributed by atoms with van der Waals surface area (Å²) in [5.74, 6) is 0.111. The van der Waals surface area contributed by atoms with E-state index >= 15 is 0 Å². The maximum Gasteiger partial charge on any atom is 0.180 e. The van der Waals surface area contributed by atoms with Gasteiger partial charge in [-0.1, -0.05) is 0 Å². The van der Waals surface area contributed by atoms with Gasteiger partial charge in [0.05, 0.1) is 5.69 Å². The number of ketones is 1. The van der Waals surface area contributed by atoms with Gasteiger partial charge in [-0.25, -0.2) is 0 Å². The molecule has 0 atom stereocenters. The minimum atomic E-state index is 0.111. The minimum absolute atomic E-state index is 0.111. The van der Waals surface area contributed by atoms with Gasteiger partial charge in [0, 0.05) is 19.7 Å². The van der Waals surface area contributed by atoms with Crippen LogP contribution >= 0.6 is 0 Å². The van der Waals surface area contributed by atoms with Crippen molar-refractivity contribution < 1.29 is 4.79 Å². The van der Waals surface area contributed by atoms with Gasteiger partial charge in [0.2, 0.25) is 0 Å². The average molecular weight is 152 g/mol. The van der Waals surface area contributed by atoms with Gasteiger partial charge in [0.1, 0.15) is 0 Å². The Balaban J connectivity index is 2.76. The van der Waals surface area contributed by atoms with Crippen molar-refractivity contribution in [2.45, 2.75) is 6.42 Å². The molecule has 1 rings (SSSR count). The fourth-order valence-electron chi connectivity index (χ4n) is 1.01. The lowest BCUT2D eigenvalue weighted by Crippen LogP contribution is -2.10. The number of rotatable bonds is 3. The molecule has 2 N–H and O–H groups in total. The summed E-state index contributed by atoms with van der Waals surface area (Å²) in [4.78, 5) is 11.2. The summed E-state index contributed by atoms with van der Waals surface area (Å²) in [7, 11) is 1.85. The second kappa shape index (κ2) is 3.34. The number of nitrogens with zero attached hydrogens (tertiary/aromatic N) is 1. The van der Waals surface area contributed by atoms with E-state index in [1.54, 1.807) is 10.6 Å². The third-order valence-electron chi connectivity index (χ3n) is 1.60. The van der Waals surface area contributed by atoms with Crippen molar-refractivity contribution in [1.29, 1.82) is 0 Å². The number of carbonyl (C=O) groups is 1. The standard InChI is InChI=1S/C8H12N2O/c1-10-6-2-3-7(10)8(11)4-5-9/h2-3,6H,4-5,9H2,1H3. The van der Waals surface area contributed by atoms with Crippen molar-refractivity contribution in [3.63, 3.8) is 0 Å². The molecule has 3 nitrogen and oxygen atoms in total. The lowest BCUT2D eigenvalue weighted by atomic mass is 10.2. The van der Waals surface area contributed by atoms with E-state index in [-0.39, 0.29) is 5.78 Å². The van der Waals surface area contributed by atoms with Crippen LogP contribution in [0.15, 0.2) is 18.3 Å². The van der Waals surface area contributed by atoms with Crippen LogP contribution in [0.4, 0.5) is 0 Å². The van der Waals surface area contributed by atoms with Crippen LogP contribution in [-0.2, 0) is 7.05 Å². The van der Waals surface area contributed by atoms with E-state index in [0.29, 0.717) is 13.0 Å². The highest BCUT2D eigenvalue weighted by atomic mass is 16.1. The van der Waals surface area contributed by atoms with Gasteiger partial charge in [0.15, 0.2) is 5.78 Å². The third kappa shape index (κ3) is 1.68. The van der Waals surface area contributed by atoms with E-state index in [2.05, 4.69) is 0 Å². The van der Waals surface area contributed by atoms with Crippen LogP contribution in [0.3, 0.4) is 0 Å². The minimum Gasteiger partial charge on any atom is -0.348 e. The van der Waals surface area contributed by atoms with Crippen molar-refractivity contribution in [2.24, 2.45) is 12.8 Å². The second-order valence-corrected chi connectivity index (χ2v) is 2.47. The Labute approximate surface area is 65.8 Å². The van der Waals surface area contributed by atoms with Crippen molar-refractivity contribution in [3.8, 4) is 0 Å². The fourth-order valence-corrected chi connectivity index (χ4v) is 1.01. The highest BCUT2D eigenvalue weighted by Gasteiger charge is 2.06. The van der Waals surface area contributed by atoms with Gasteiger partial charge in [0.25, 0.3) is 0 Å². The number of hydrogen-bond acceptors (Lipinski definition) is 2. The van der Waals surface area contributed by atoms with Crippen molar-refractivity contribution in [2.75, 3.05) is 6.54 Å². The normalized spacial score (nSPS) is 10.0. The van der Waals surface area contributed by atoms with Crippen LogP contribution in [0, 0.1) is 0 Å². The molecule has 0 aliphatic heterocycles. The first-order valence-corrected chi connectivity index (χ1v) is 3.60. The summed E-state index contributed by atoms with van der Waals surface area (Å²) >= 11 is 0. The zero-order valence-electron chi connectivity index (χ0n) is 6.58. The van der Waals surface area contributed by atoms with Crippen LogP contribution in [-0.4, -0.2) is 16.9 Å². The molecule has 11 heavy (non-hydrogen) atoms. The zero-order chi connectivity index (χ0) is 8.27. The summed E-state index contributed by atoms with van der Waals surface area (Å²) in [6.45, 7) is 0.421. The van der Waals surface area contributed by atoms with Crippen LogP contribution < -0.4 is 5.73 Å².